The minimum absolute atomic E-state index is 0.0919. The quantitative estimate of drug-likeness (QED) is 0.379. The molecule has 2 aliphatic rings. The summed E-state index contributed by atoms with van der Waals surface area (Å²) in [7, 11) is 1.67. The van der Waals surface area contributed by atoms with Gasteiger partial charge in [0.1, 0.15) is 13.2 Å². The summed E-state index contributed by atoms with van der Waals surface area (Å²) >= 11 is 1.43. The normalized spacial score (nSPS) is 16.8. The first-order valence-corrected chi connectivity index (χ1v) is 17.1. The molecule has 252 valence electrons. The van der Waals surface area contributed by atoms with Crippen molar-refractivity contribution in [2.45, 2.75) is 92.0 Å². The van der Waals surface area contributed by atoms with Crippen molar-refractivity contribution in [3.63, 3.8) is 0 Å². The number of piperidine rings is 1. The molecule has 0 aliphatic carbocycles. The smallest absolute Gasteiger partial charge is 0.243 e. The van der Waals surface area contributed by atoms with Crippen LogP contribution in [0.3, 0.4) is 0 Å². The minimum Gasteiger partial charge on any atom is -0.417 e. The lowest BCUT2D eigenvalue weighted by Gasteiger charge is -2.37. The predicted octanol–water partition coefficient (Wildman–Crippen LogP) is 4.99. The topological polar surface area (TPSA) is 122 Å². The standard InChI is InChI=1S/C13H20N4O3.C10H11NO.C7H14OS.C4H10/c1-9-6-14-11(18)7-15-12(19)8-16-13(20)10-4-2-3-5-17(9)10;1-8-7-11(12-2)10-6-4-3-5-9(8)10;1-3-4-5-6-9-7(2)8;1-3-4-2/h10H,1-8H2,(H,14,18)(H,15,19)(H,16,20);3-7H,1-2H3;3-6H2,1-2H3;3-4H2,1-2H3. The molecule has 11 heteroatoms. The SMILES string of the molecule is C=C1CNC(=O)CNC(=O)CNC(=O)C2CCCCN12.CCCC.CCCCCSC(C)=O.COn1cc(C)c2ccccc21. The number of carbonyl (C=O) groups excluding carboxylic acids is 4. The van der Waals surface area contributed by atoms with E-state index in [9.17, 15) is 19.2 Å². The van der Waals surface area contributed by atoms with Gasteiger partial charge in [-0.2, -0.15) is 4.73 Å². The summed E-state index contributed by atoms with van der Waals surface area (Å²) in [6.07, 6.45) is 11.0. The summed E-state index contributed by atoms with van der Waals surface area (Å²) in [6.45, 7) is 15.0. The Bertz CT molecular complexity index is 1170. The minimum atomic E-state index is -0.366. The van der Waals surface area contributed by atoms with Crippen LogP contribution < -0.4 is 20.8 Å². The molecule has 0 spiro atoms. The maximum Gasteiger partial charge on any atom is 0.243 e. The molecule has 3 heterocycles. The number of unbranched alkanes of at least 4 members (excludes halogenated alkanes) is 3. The van der Waals surface area contributed by atoms with Crippen LogP contribution >= 0.6 is 11.8 Å². The van der Waals surface area contributed by atoms with Crippen LogP contribution in [0.1, 0.15) is 84.6 Å². The zero-order valence-electron chi connectivity index (χ0n) is 28.2. The van der Waals surface area contributed by atoms with Gasteiger partial charge in [-0.3, -0.25) is 19.2 Å². The monoisotopic (exact) mass is 645 g/mol. The fourth-order valence-electron chi connectivity index (χ4n) is 4.51. The Kier molecular flexibility index (Phi) is 20.2. The number of nitrogens with one attached hydrogen (secondary N) is 3. The van der Waals surface area contributed by atoms with Crippen molar-refractivity contribution >= 4 is 45.5 Å². The molecule has 0 saturated carbocycles. The highest BCUT2D eigenvalue weighted by Crippen LogP contribution is 2.21. The van der Waals surface area contributed by atoms with Crippen molar-refractivity contribution in [1.29, 1.82) is 0 Å². The highest BCUT2D eigenvalue weighted by atomic mass is 32.2. The fourth-order valence-corrected chi connectivity index (χ4v) is 5.14. The summed E-state index contributed by atoms with van der Waals surface area (Å²) in [6, 6.07) is 7.89. The number of para-hydroxylation sites is 1. The number of nitrogens with zero attached hydrogens (tertiary/aromatic N) is 2. The molecule has 3 N–H and O–H groups in total. The Morgan fingerprint density at radius 1 is 0.956 bits per heavy atom. The van der Waals surface area contributed by atoms with Gasteiger partial charge in [-0.05, 0) is 44.2 Å². The van der Waals surface area contributed by atoms with Crippen LogP contribution in [0.25, 0.3) is 10.9 Å². The van der Waals surface area contributed by atoms with Crippen molar-refractivity contribution < 1.29 is 24.0 Å². The van der Waals surface area contributed by atoms with Crippen molar-refractivity contribution in [2.75, 3.05) is 39.0 Å². The van der Waals surface area contributed by atoms with Gasteiger partial charge in [0, 0.05) is 36.5 Å². The number of rotatable bonds is 6. The molecule has 1 unspecified atom stereocenters. The number of benzene rings is 1. The first-order valence-electron chi connectivity index (χ1n) is 16.1. The second-order valence-electron chi connectivity index (χ2n) is 10.9. The number of thioether (sulfide) groups is 1. The van der Waals surface area contributed by atoms with Crippen molar-refractivity contribution in [3.05, 3.63) is 48.3 Å². The molecule has 2 aliphatic heterocycles. The Labute approximate surface area is 274 Å². The molecule has 1 aromatic carbocycles. The molecule has 1 atom stereocenters. The fraction of sp³-hybridized carbons (Fsp3) is 0.588. The highest BCUT2D eigenvalue weighted by Gasteiger charge is 2.30. The third-order valence-electron chi connectivity index (χ3n) is 7.20. The van der Waals surface area contributed by atoms with E-state index in [1.54, 1.807) is 18.8 Å². The first kappa shape index (κ1) is 39.6. The number of hydrogen-bond acceptors (Lipinski definition) is 7. The molecule has 3 amide bonds. The summed E-state index contributed by atoms with van der Waals surface area (Å²) in [4.78, 5) is 52.6. The highest BCUT2D eigenvalue weighted by molar-refractivity contribution is 8.13. The number of carbonyl (C=O) groups is 4. The van der Waals surface area contributed by atoms with Crippen molar-refractivity contribution in [1.82, 2.24) is 25.6 Å². The van der Waals surface area contributed by atoms with Crippen LogP contribution in [0.5, 0.6) is 0 Å². The third kappa shape index (κ3) is 15.4. The van der Waals surface area contributed by atoms with E-state index in [4.69, 9.17) is 4.84 Å². The van der Waals surface area contributed by atoms with E-state index in [2.05, 4.69) is 56.3 Å². The van der Waals surface area contributed by atoms with Gasteiger partial charge in [0.2, 0.25) is 17.7 Å². The second kappa shape index (κ2) is 23.0. The molecule has 0 bridgehead atoms. The molecule has 45 heavy (non-hydrogen) atoms. The zero-order chi connectivity index (χ0) is 33.6. The lowest BCUT2D eigenvalue weighted by molar-refractivity contribution is -0.130. The summed E-state index contributed by atoms with van der Waals surface area (Å²) in [5.74, 6) is 0.214. The first-order chi connectivity index (χ1) is 21.6. The lowest BCUT2D eigenvalue weighted by Crippen LogP contribution is -2.53. The summed E-state index contributed by atoms with van der Waals surface area (Å²) < 4.78 is 1.78. The van der Waals surface area contributed by atoms with E-state index in [0.717, 1.165) is 42.8 Å². The van der Waals surface area contributed by atoms with Crippen LogP contribution in [-0.4, -0.2) is 77.6 Å². The Morgan fingerprint density at radius 3 is 2.22 bits per heavy atom. The third-order valence-corrected chi connectivity index (χ3v) is 8.10. The number of fused-ring (bicyclic) bond motifs is 2. The predicted molar refractivity (Wildman–Crippen MR) is 185 cm³/mol. The van der Waals surface area contributed by atoms with Gasteiger partial charge in [-0.1, -0.05) is 83.0 Å². The van der Waals surface area contributed by atoms with Crippen molar-refractivity contribution in [3.8, 4) is 0 Å². The Balaban J connectivity index is 0.000000344. The van der Waals surface area contributed by atoms with Gasteiger partial charge in [-0.25, -0.2) is 0 Å². The number of aromatic nitrogens is 1. The maximum atomic E-state index is 12.2. The molecule has 1 aromatic heterocycles. The van der Waals surface area contributed by atoms with E-state index in [0.29, 0.717) is 6.54 Å². The Hall–Kier alpha value is -3.47. The van der Waals surface area contributed by atoms with Crippen LogP contribution in [0.4, 0.5) is 0 Å². The van der Waals surface area contributed by atoms with Gasteiger partial charge < -0.3 is 25.7 Å². The van der Waals surface area contributed by atoms with Crippen LogP contribution in [0.15, 0.2) is 42.7 Å². The van der Waals surface area contributed by atoms with Gasteiger partial charge in [-0.15, -0.1) is 0 Å². The summed E-state index contributed by atoms with van der Waals surface area (Å²) in [5.41, 5.74) is 3.09. The van der Waals surface area contributed by atoms with Gasteiger partial charge in [0.25, 0.3) is 0 Å². The average Bonchev–Trinajstić information content (AvgIpc) is 3.39. The second-order valence-corrected chi connectivity index (χ2v) is 12.2. The van der Waals surface area contributed by atoms with E-state index >= 15 is 0 Å². The zero-order valence-corrected chi connectivity index (χ0v) is 29.0. The van der Waals surface area contributed by atoms with E-state index in [1.807, 2.05) is 29.3 Å². The Morgan fingerprint density at radius 2 is 1.60 bits per heavy atom. The molecule has 2 fully saturated rings. The molecular formula is C34H55N5O5S. The number of amides is 3. The molecular weight excluding hydrogens is 590 g/mol. The van der Waals surface area contributed by atoms with E-state index in [1.165, 1.54) is 54.8 Å². The molecule has 4 rings (SSSR count). The molecule has 0 radical (unpaired) electrons. The molecule has 2 aromatic rings. The largest absolute Gasteiger partial charge is 0.417 e. The van der Waals surface area contributed by atoms with E-state index < -0.39 is 0 Å². The maximum absolute atomic E-state index is 12.2. The van der Waals surface area contributed by atoms with Gasteiger partial charge in [0.05, 0.1) is 25.2 Å². The van der Waals surface area contributed by atoms with E-state index in [-0.39, 0.29) is 42.0 Å². The van der Waals surface area contributed by atoms with Gasteiger partial charge >= 0.3 is 0 Å². The average molecular weight is 646 g/mol. The van der Waals surface area contributed by atoms with Gasteiger partial charge in [0.15, 0.2) is 5.12 Å². The number of aryl methyl sites for hydroxylation is 1. The van der Waals surface area contributed by atoms with Crippen LogP contribution in [0, 0.1) is 6.92 Å². The van der Waals surface area contributed by atoms with Crippen LogP contribution in [0.2, 0.25) is 0 Å². The number of hydrogen-bond donors (Lipinski definition) is 3. The summed E-state index contributed by atoms with van der Waals surface area (Å²) in [5, 5.41) is 9.25. The van der Waals surface area contributed by atoms with Crippen molar-refractivity contribution in [2.24, 2.45) is 0 Å². The molecule has 10 nitrogen and oxygen atoms in total. The van der Waals surface area contributed by atoms with Crippen LogP contribution in [-0.2, 0) is 19.2 Å². The lowest BCUT2D eigenvalue weighted by atomic mass is 10.0. The molecule has 2 saturated heterocycles.